The molecule has 0 amide bonds. The van der Waals surface area contributed by atoms with Crippen molar-refractivity contribution in [3.05, 3.63) is 52.6 Å². The molecule has 2 aromatic carbocycles. The number of anilines is 1. The molecule has 25 heavy (non-hydrogen) atoms. The topological polar surface area (TPSA) is 58.6 Å². The molecular formula is C22H28N2O. The van der Waals surface area contributed by atoms with Gasteiger partial charge in [-0.1, -0.05) is 45.0 Å². The molecule has 0 saturated carbocycles. The van der Waals surface area contributed by atoms with Gasteiger partial charge in [0.25, 0.3) is 0 Å². The molecule has 3 rings (SSSR count). The highest BCUT2D eigenvalue weighted by Crippen LogP contribution is 2.48. The second-order valence-corrected chi connectivity index (χ2v) is 8.57. The highest BCUT2D eigenvalue weighted by Gasteiger charge is 2.37. The SMILES string of the molecule is Cc1cc2c(cc1-c1cc(/C=N/O)ccc1N)C(C)(C)CCC2(C)C. The third kappa shape index (κ3) is 3.04. The fourth-order valence-corrected chi connectivity index (χ4v) is 3.97. The third-order valence-corrected chi connectivity index (χ3v) is 5.77. The molecule has 0 heterocycles. The normalized spacial score (nSPS) is 18.3. The monoisotopic (exact) mass is 336 g/mol. The number of oxime groups is 1. The maximum atomic E-state index is 8.83. The maximum Gasteiger partial charge on any atom is 0.0734 e. The van der Waals surface area contributed by atoms with Crippen molar-refractivity contribution in [1.82, 2.24) is 0 Å². The standard InChI is InChI=1S/C22H28N2O/c1-14-10-18-19(22(4,5)9-8-21(18,2)3)12-16(14)17-11-15(13-24-25)6-7-20(17)23/h6-7,10-13,25H,8-9,23H2,1-5H3/b24-13+. The van der Waals surface area contributed by atoms with E-state index in [4.69, 9.17) is 10.9 Å². The van der Waals surface area contributed by atoms with Crippen LogP contribution in [0.5, 0.6) is 0 Å². The zero-order valence-corrected chi connectivity index (χ0v) is 15.9. The van der Waals surface area contributed by atoms with Crippen molar-refractivity contribution >= 4 is 11.9 Å². The number of aryl methyl sites for hydroxylation is 1. The first kappa shape index (κ1) is 17.5. The van der Waals surface area contributed by atoms with E-state index in [0.717, 1.165) is 22.4 Å². The molecule has 0 atom stereocenters. The highest BCUT2D eigenvalue weighted by atomic mass is 16.4. The number of fused-ring (bicyclic) bond motifs is 1. The van der Waals surface area contributed by atoms with Gasteiger partial charge in [-0.05, 0) is 76.6 Å². The molecule has 3 heteroatoms. The smallest absolute Gasteiger partial charge is 0.0734 e. The molecule has 0 spiro atoms. The molecule has 0 bridgehead atoms. The van der Waals surface area contributed by atoms with Gasteiger partial charge >= 0.3 is 0 Å². The van der Waals surface area contributed by atoms with E-state index in [0.29, 0.717) is 0 Å². The van der Waals surface area contributed by atoms with Crippen molar-refractivity contribution in [1.29, 1.82) is 0 Å². The number of nitrogens with zero attached hydrogens (tertiary/aromatic N) is 1. The minimum absolute atomic E-state index is 0.159. The molecule has 1 aliphatic carbocycles. The molecule has 0 aromatic heterocycles. The van der Waals surface area contributed by atoms with E-state index < -0.39 is 0 Å². The quantitative estimate of drug-likeness (QED) is 0.334. The Morgan fingerprint density at radius 2 is 1.56 bits per heavy atom. The maximum absolute atomic E-state index is 8.83. The molecule has 2 aromatic rings. The highest BCUT2D eigenvalue weighted by molar-refractivity contribution is 5.87. The molecular weight excluding hydrogens is 308 g/mol. The van der Waals surface area contributed by atoms with Gasteiger partial charge in [-0.2, -0.15) is 0 Å². The number of benzene rings is 2. The van der Waals surface area contributed by atoms with Crippen molar-refractivity contribution in [2.24, 2.45) is 5.16 Å². The van der Waals surface area contributed by atoms with Crippen LogP contribution in [0.1, 0.15) is 62.8 Å². The van der Waals surface area contributed by atoms with Gasteiger partial charge in [0.05, 0.1) is 6.21 Å². The molecule has 1 aliphatic rings. The minimum Gasteiger partial charge on any atom is -0.411 e. The summed E-state index contributed by atoms with van der Waals surface area (Å²) >= 11 is 0. The summed E-state index contributed by atoms with van der Waals surface area (Å²) in [5, 5.41) is 12.0. The molecule has 0 fully saturated rings. The second kappa shape index (κ2) is 5.91. The molecule has 0 saturated heterocycles. The second-order valence-electron chi connectivity index (χ2n) is 8.57. The number of rotatable bonds is 2. The Hall–Kier alpha value is -2.29. The van der Waals surface area contributed by atoms with Gasteiger partial charge in [-0.15, -0.1) is 0 Å². The Morgan fingerprint density at radius 3 is 2.16 bits per heavy atom. The van der Waals surface area contributed by atoms with Gasteiger partial charge in [0.2, 0.25) is 0 Å². The van der Waals surface area contributed by atoms with Crippen LogP contribution in [0.15, 0.2) is 35.5 Å². The number of hydrogen-bond donors (Lipinski definition) is 2. The summed E-state index contributed by atoms with van der Waals surface area (Å²) in [5.74, 6) is 0. The molecule has 0 aliphatic heterocycles. The van der Waals surface area contributed by atoms with Crippen LogP contribution in [0.4, 0.5) is 5.69 Å². The Kier molecular flexibility index (Phi) is 4.14. The summed E-state index contributed by atoms with van der Waals surface area (Å²) in [6.45, 7) is 11.5. The van der Waals surface area contributed by atoms with Crippen LogP contribution in [0.2, 0.25) is 0 Å². The first-order valence-electron chi connectivity index (χ1n) is 8.89. The molecule has 0 radical (unpaired) electrons. The van der Waals surface area contributed by atoms with Crippen molar-refractivity contribution in [2.75, 3.05) is 5.73 Å². The molecule has 3 N–H and O–H groups in total. The third-order valence-electron chi connectivity index (χ3n) is 5.77. The number of nitrogens with two attached hydrogens (primary N) is 1. The lowest BCUT2D eigenvalue weighted by atomic mass is 9.62. The van der Waals surface area contributed by atoms with Crippen LogP contribution in [-0.4, -0.2) is 11.4 Å². The minimum atomic E-state index is 0.159. The van der Waals surface area contributed by atoms with E-state index >= 15 is 0 Å². The van der Waals surface area contributed by atoms with Crippen molar-refractivity contribution in [2.45, 2.75) is 58.3 Å². The van der Waals surface area contributed by atoms with E-state index in [-0.39, 0.29) is 10.8 Å². The van der Waals surface area contributed by atoms with Crippen molar-refractivity contribution in [3.63, 3.8) is 0 Å². The van der Waals surface area contributed by atoms with Crippen molar-refractivity contribution in [3.8, 4) is 11.1 Å². The Labute approximate surface area is 150 Å². The van der Waals surface area contributed by atoms with E-state index in [2.05, 4.69) is 51.9 Å². The van der Waals surface area contributed by atoms with Crippen LogP contribution < -0.4 is 5.73 Å². The van der Waals surface area contributed by atoms with Crippen LogP contribution in [-0.2, 0) is 10.8 Å². The predicted octanol–water partition coefficient (Wildman–Crippen LogP) is 5.40. The number of nitrogen functional groups attached to an aromatic ring is 1. The van der Waals surface area contributed by atoms with E-state index in [1.54, 1.807) is 0 Å². The van der Waals surface area contributed by atoms with Crippen molar-refractivity contribution < 1.29 is 5.21 Å². The average molecular weight is 336 g/mol. The average Bonchev–Trinajstić information content (AvgIpc) is 2.54. The Bertz CT molecular complexity index is 847. The van der Waals surface area contributed by atoms with Crippen LogP contribution >= 0.6 is 0 Å². The fraction of sp³-hybridized carbons (Fsp3) is 0.409. The van der Waals surface area contributed by atoms with Crippen LogP contribution in [0.3, 0.4) is 0 Å². The molecule has 3 nitrogen and oxygen atoms in total. The lowest BCUT2D eigenvalue weighted by molar-refractivity contribution is 0.322. The first-order valence-corrected chi connectivity index (χ1v) is 8.89. The van der Waals surface area contributed by atoms with E-state index in [1.165, 1.54) is 35.7 Å². The van der Waals surface area contributed by atoms with Crippen LogP contribution in [0, 0.1) is 6.92 Å². The summed E-state index contributed by atoms with van der Waals surface area (Å²) < 4.78 is 0. The summed E-state index contributed by atoms with van der Waals surface area (Å²) in [4.78, 5) is 0. The number of hydrogen-bond acceptors (Lipinski definition) is 3. The van der Waals surface area contributed by atoms with E-state index in [1.807, 2.05) is 18.2 Å². The van der Waals surface area contributed by atoms with Gasteiger partial charge in [0.15, 0.2) is 0 Å². The Morgan fingerprint density at radius 1 is 0.960 bits per heavy atom. The lowest BCUT2D eigenvalue weighted by Crippen LogP contribution is -2.34. The molecule has 132 valence electrons. The van der Waals surface area contributed by atoms with Gasteiger partial charge in [-0.3, -0.25) is 0 Å². The lowest BCUT2D eigenvalue weighted by Gasteiger charge is -2.42. The zero-order valence-electron chi connectivity index (χ0n) is 15.9. The Balaban J connectivity index is 2.25. The summed E-state index contributed by atoms with van der Waals surface area (Å²) in [7, 11) is 0. The van der Waals surface area contributed by atoms with Gasteiger partial charge in [-0.25, -0.2) is 0 Å². The fourth-order valence-electron chi connectivity index (χ4n) is 3.97. The van der Waals surface area contributed by atoms with Gasteiger partial charge in [0, 0.05) is 11.3 Å². The van der Waals surface area contributed by atoms with Gasteiger partial charge < -0.3 is 10.9 Å². The zero-order chi connectivity index (χ0) is 18.4. The largest absolute Gasteiger partial charge is 0.411 e. The summed E-state index contributed by atoms with van der Waals surface area (Å²) in [6.07, 6.45) is 3.82. The summed E-state index contributed by atoms with van der Waals surface area (Å²) in [6, 6.07) is 10.4. The van der Waals surface area contributed by atoms with E-state index in [9.17, 15) is 0 Å². The van der Waals surface area contributed by atoms with Gasteiger partial charge in [0.1, 0.15) is 0 Å². The summed E-state index contributed by atoms with van der Waals surface area (Å²) in [5.41, 5.74) is 14.5. The van der Waals surface area contributed by atoms with Crippen LogP contribution in [0.25, 0.3) is 11.1 Å². The predicted molar refractivity (Wildman–Crippen MR) is 106 cm³/mol. The first-order chi connectivity index (χ1) is 11.7. The molecule has 0 unspecified atom stereocenters.